The quantitative estimate of drug-likeness (QED) is 0.454. The molecule has 7 nitrogen and oxygen atoms in total. The lowest BCUT2D eigenvalue weighted by Gasteiger charge is -2.13. The maximum atomic E-state index is 12.4. The molecule has 1 N–H and O–H groups in total. The van der Waals surface area contributed by atoms with E-state index in [4.69, 9.17) is 9.15 Å². The first-order valence-electron chi connectivity index (χ1n) is 10.1. The molecule has 0 aliphatic heterocycles. The second kappa shape index (κ2) is 10.9. The molecule has 0 spiro atoms. The fourth-order valence-corrected chi connectivity index (χ4v) is 3.63. The molecule has 1 aromatic carbocycles. The number of amides is 1. The van der Waals surface area contributed by atoms with Crippen molar-refractivity contribution in [3.05, 3.63) is 60.3 Å². The summed E-state index contributed by atoms with van der Waals surface area (Å²) in [6, 6.07) is 13.1. The van der Waals surface area contributed by atoms with Gasteiger partial charge in [0.2, 0.25) is 5.91 Å². The van der Waals surface area contributed by atoms with Crippen molar-refractivity contribution in [2.45, 2.75) is 51.5 Å². The summed E-state index contributed by atoms with van der Waals surface area (Å²) in [4.78, 5) is 12.4. The standard InChI is InChI=1S/C22H28N4O3S/c1-16(2)11-12-26-20(14-29-18-8-5-4-6-9-18)24-25-22(26)30-15-21(27)23-17(3)19-10-7-13-28-19/h4-10,13,16-17H,11-12,14-15H2,1-3H3,(H,23,27). The minimum atomic E-state index is -0.179. The molecule has 0 aliphatic rings. The molecule has 0 aliphatic carbocycles. The third-order valence-corrected chi connectivity index (χ3v) is 5.48. The number of thioether (sulfide) groups is 1. The minimum absolute atomic E-state index is 0.0793. The van der Waals surface area contributed by atoms with E-state index in [0.29, 0.717) is 12.5 Å². The summed E-state index contributed by atoms with van der Waals surface area (Å²) in [5.74, 6) is 3.00. The Bertz CT molecular complexity index is 910. The van der Waals surface area contributed by atoms with Crippen LogP contribution in [0.5, 0.6) is 5.75 Å². The molecule has 3 rings (SSSR count). The molecule has 160 valence electrons. The third kappa shape index (κ3) is 6.38. The van der Waals surface area contributed by atoms with Gasteiger partial charge in [-0.1, -0.05) is 43.8 Å². The number of aromatic nitrogens is 3. The summed E-state index contributed by atoms with van der Waals surface area (Å²) in [6.07, 6.45) is 2.59. The van der Waals surface area contributed by atoms with Crippen molar-refractivity contribution in [1.82, 2.24) is 20.1 Å². The molecular weight excluding hydrogens is 400 g/mol. The van der Waals surface area contributed by atoms with Crippen molar-refractivity contribution in [3.8, 4) is 5.75 Å². The maximum Gasteiger partial charge on any atom is 0.231 e. The fraction of sp³-hybridized carbons (Fsp3) is 0.409. The van der Waals surface area contributed by atoms with E-state index in [-0.39, 0.29) is 17.7 Å². The van der Waals surface area contributed by atoms with Crippen molar-refractivity contribution in [3.63, 3.8) is 0 Å². The monoisotopic (exact) mass is 428 g/mol. The van der Waals surface area contributed by atoms with E-state index in [1.165, 1.54) is 11.8 Å². The number of hydrogen-bond donors (Lipinski definition) is 1. The number of hydrogen-bond acceptors (Lipinski definition) is 6. The van der Waals surface area contributed by atoms with Gasteiger partial charge in [-0.15, -0.1) is 10.2 Å². The van der Waals surface area contributed by atoms with Crippen LogP contribution in [0.25, 0.3) is 0 Å². The van der Waals surface area contributed by atoms with Gasteiger partial charge in [0.25, 0.3) is 0 Å². The average molecular weight is 429 g/mol. The molecule has 1 unspecified atom stereocenters. The largest absolute Gasteiger partial charge is 0.486 e. The highest BCUT2D eigenvalue weighted by molar-refractivity contribution is 7.99. The van der Waals surface area contributed by atoms with E-state index in [0.717, 1.165) is 35.5 Å². The van der Waals surface area contributed by atoms with Gasteiger partial charge in [-0.3, -0.25) is 4.79 Å². The van der Waals surface area contributed by atoms with Crippen LogP contribution in [0.4, 0.5) is 0 Å². The van der Waals surface area contributed by atoms with Crippen LogP contribution in [0.3, 0.4) is 0 Å². The number of carbonyl (C=O) groups excluding carboxylic acids is 1. The Morgan fingerprint density at radius 3 is 2.67 bits per heavy atom. The zero-order valence-corrected chi connectivity index (χ0v) is 18.4. The molecule has 2 aromatic heterocycles. The fourth-order valence-electron chi connectivity index (χ4n) is 2.83. The van der Waals surface area contributed by atoms with Gasteiger partial charge in [-0.05, 0) is 43.5 Å². The highest BCUT2D eigenvalue weighted by atomic mass is 32.2. The van der Waals surface area contributed by atoms with Crippen LogP contribution in [0.15, 0.2) is 58.3 Å². The highest BCUT2D eigenvalue weighted by Gasteiger charge is 2.17. The smallest absolute Gasteiger partial charge is 0.231 e. The number of para-hydroxylation sites is 1. The van der Waals surface area contributed by atoms with Gasteiger partial charge >= 0.3 is 0 Å². The molecule has 0 radical (unpaired) electrons. The van der Waals surface area contributed by atoms with Crippen molar-refractivity contribution in [2.75, 3.05) is 5.75 Å². The van der Waals surface area contributed by atoms with Crippen LogP contribution >= 0.6 is 11.8 Å². The first-order chi connectivity index (χ1) is 14.5. The molecular formula is C22H28N4O3S. The lowest BCUT2D eigenvalue weighted by Crippen LogP contribution is -2.28. The molecule has 0 saturated carbocycles. The molecule has 0 fully saturated rings. The molecule has 30 heavy (non-hydrogen) atoms. The van der Waals surface area contributed by atoms with Crippen molar-refractivity contribution in [1.29, 1.82) is 0 Å². The normalized spacial score (nSPS) is 12.1. The van der Waals surface area contributed by atoms with Gasteiger partial charge in [0.15, 0.2) is 11.0 Å². The Labute approximate surface area is 181 Å². The minimum Gasteiger partial charge on any atom is -0.486 e. The number of benzene rings is 1. The maximum absolute atomic E-state index is 12.4. The van der Waals surface area contributed by atoms with Crippen LogP contribution in [0.2, 0.25) is 0 Å². The summed E-state index contributed by atoms with van der Waals surface area (Å²) >= 11 is 1.38. The lowest BCUT2D eigenvalue weighted by atomic mass is 10.1. The Kier molecular flexibility index (Phi) is 7.96. The van der Waals surface area contributed by atoms with Crippen LogP contribution in [0.1, 0.15) is 44.8 Å². The summed E-state index contributed by atoms with van der Waals surface area (Å²) in [7, 11) is 0. The van der Waals surface area contributed by atoms with Gasteiger partial charge in [0, 0.05) is 6.54 Å². The van der Waals surface area contributed by atoms with Crippen LogP contribution in [-0.4, -0.2) is 26.4 Å². The summed E-state index contributed by atoms with van der Waals surface area (Å²) < 4.78 is 13.2. The first-order valence-corrected chi connectivity index (χ1v) is 11.1. The predicted octanol–water partition coefficient (Wildman–Crippen LogP) is 4.47. The molecule has 3 aromatic rings. The molecule has 0 bridgehead atoms. The molecule has 8 heteroatoms. The Morgan fingerprint density at radius 1 is 1.17 bits per heavy atom. The lowest BCUT2D eigenvalue weighted by molar-refractivity contribution is -0.119. The third-order valence-electron chi connectivity index (χ3n) is 4.51. The van der Waals surface area contributed by atoms with Crippen LogP contribution < -0.4 is 10.1 Å². The summed E-state index contributed by atoms with van der Waals surface area (Å²) in [5, 5.41) is 12.3. The molecule has 1 atom stereocenters. The van der Waals surface area contributed by atoms with Gasteiger partial charge in [0.05, 0.1) is 18.1 Å². The Balaban J connectivity index is 1.61. The van der Waals surface area contributed by atoms with Crippen molar-refractivity contribution in [2.24, 2.45) is 5.92 Å². The number of nitrogens with zero attached hydrogens (tertiary/aromatic N) is 3. The Hall–Kier alpha value is -2.74. The zero-order valence-electron chi connectivity index (χ0n) is 17.6. The topological polar surface area (TPSA) is 82.2 Å². The van der Waals surface area contributed by atoms with E-state index in [9.17, 15) is 4.79 Å². The van der Waals surface area contributed by atoms with Crippen LogP contribution in [-0.2, 0) is 17.9 Å². The van der Waals surface area contributed by atoms with E-state index >= 15 is 0 Å². The van der Waals surface area contributed by atoms with E-state index < -0.39 is 0 Å². The predicted molar refractivity (Wildman–Crippen MR) is 116 cm³/mol. The van der Waals surface area contributed by atoms with Crippen molar-refractivity contribution >= 4 is 17.7 Å². The number of carbonyl (C=O) groups is 1. The van der Waals surface area contributed by atoms with Crippen LogP contribution in [0, 0.1) is 5.92 Å². The first kappa shape index (κ1) is 22.0. The Morgan fingerprint density at radius 2 is 1.97 bits per heavy atom. The second-order valence-corrected chi connectivity index (χ2v) is 8.37. The van der Waals surface area contributed by atoms with Crippen molar-refractivity contribution < 1.29 is 13.9 Å². The molecule has 1 amide bonds. The number of rotatable bonds is 11. The number of furan rings is 1. The summed E-state index contributed by atoms with van der Waals surface area (Å²) in [5.41, 5.74) is 0. The summed E-state index contributed by atoms with van der Waals surface area (Å²) in [6.45, 7) is 7.37. The van der Waals surface area contributed by atoms with Gasteiger partial charge in [0.1, 0.15) is 18.1 Å². The molecule has 2 heterocycles. The van der Waals surface area contributed by atoms with Gasteiger partial charge < -0.3 is 19.0 Å². The number of nitrogens with one attached hydrogen (secondary N) is 1. The zero-order chi connectivity index (χ0) is 21.3. The second-order valence-electron chi connectivity index (χ2n) is 7.43. The van der Waals surface area contributed by atoms with E-state index in [2.05, 4.69) is 33.9 Å². The van der Waals surface area contributed by atoms with E-state index in [1.807, 2.05) is 49.4 Å². The van der Waals surface area contributed by atoms with E-state index in [1.54, 1.807) is 6.26 Å². The average Bonchev–Trinajstić information content (AvgIpc) is 3.40. The SMILES string of the molecule is CC(C)CCn1c(COc2ccccc2)nnc1SCC(=O)NC(C)c1ccco1. The number of ether oxygens (including phenoxy) is 1. The van der Waals surface area contributed by atoms with Gasteiger partial charge in [-0.25, -0.2) is 0 Å². The van der Waals surface area contributed by atoms with Gasteiger partial charge in [-0.2, -0.15) is 0 Å². The molecule has 0 saturated heterocycles. The highest BCUT2D eigenvalue weighted by Crippen LogP contribution is 2.21.